The van der Waals surface area contributed by atoms with Crippen LogP contribution in [0.25, 0.3) is 0 Å². The zero-order valence-corrected chi connectivity index (χ0v) is 13.4. The first-order valence-corrected chi connectivity index (χ1v) is 6.59. The van der Waals surface area contributed by atoms with Crippen molar-refractivity contribution in [1.29, 1.82) is 0 Å². The van der Waals surface area contributed by atoms with Crippen LogP contribution in [0.15, 0.2) is 28.7 Å². The quantitative estimate of drug-likeness (QED) is 0.557. The van der Waals surface area contributed by atoms with Crippen molar-refractivity contribution in [3.8, 4) is 0 Å². The number of nitrogens with two attached hydrogens (primary N) is 1. The summed E-state index contributed by atoms with van der Waals surface area (Å²) in [6.07, 6.45) is 0. The van der Waals surface area contributed by atoms with Gasteiger partial charge in [0.1, 0.15) is 0 Å². The molecule has 0 heterocycles. The Balaban J connectivity index is 0.00000400. The molecule has 0 unspecified atom stereocenters. The van der Waals surface area contributed by atoms with Crippen LogP contribution in [0, 0.1) is 0 Å². The van der Waals surface area contributed by atoms with Gasteiger partial charge in [-0.25, -0.2) is 0 Å². The van der Waals surface area contributed by atoms with Crippen molar-refractivity contribution in [2.75, 3.05) is 25.0 Å². The summed E-state index contributed by atoms with van der Waals surface area (Å²) in [5.74, 6) is -1.25. The minimum atomic E-state index is -0.460. The van der Waals surface area contributed by atoms with Crippen molar-refractivity contribution in [3.63, 3.8) is 0 Å². The Morgan fingerprint density at radius 1 is 0.952 bits per heavy atom. The lowest BCUT2D eigenvalue weighted by Gasteiger charge is -2.07. The van der Waals surface area contributed by atoms with Crippen LogP contribution in [0.1, 0.15) is 0 Å². The average Bonchev–Trinajstić information content (AvgIpc) is 2.45. The van der Waals surface area contributed by atoms with Crippen LogP contribution in [0.4, 0.5) is 5.69 Å². The first-order valence-electron chi connectivity index (χ1n) is 5.80. The fourth-order valence-corrected chi connectivity index (χ4v) is 1.50. The van der Waals surface area contributed by atoms with E-state index in [4.69, 9.17) is 5.73 Å². The van der Waals surface area contributed by atoms with E-state index in [-0.39, 0.29) is 37.9 Å². The van der Waals surface area contributed by atoms with Gasteiger partial charge >= 0.3 is 0 Å². The van der Waals surface area contributed by atoms with E-state index in [0.29, 0.717) is 5.69 Å². The van der Waals surface area contributed by atoms with Gasteiger partial charge in [0.25, 0.3) is 0 Å². The van der Waals surface area contributed by atoms with Crippen LogP contribution in [0.2, 0.25) is 0 Å². The number of amides is 3. The first kappa shape index (κ1) is 19.4. The van der Waals surface area contributed by atoms with E-state index < -0.39 is 11.8 Å². The smallest absolute Gasteiger partial charge is 0.243 e. The molecule has 0 aliphatic heterocycles. The molecule has 0 atom stereocenters. The van der Waals surface area contributed by atoms with Gasteiger partial charge in [-0.1, -0.05) is 15.9 Å². The molecule has 0 saturated carbocycles. The second-order valence-electron chi connectivity index (χ2n) is 3.81. The standard InChI is InChI=1S/C12H15BrN4O3.ClH/c13-8-1-3-9(4-2-8)17-12(20)7-16-11(19)6-15-10(18)5-14;/h1-4H,5-7,14H2,(H,15,18)(H,16,19)(H,17,20);1H. The average molecular weight is 380 g/mol. The molecule has 1 rings (SSSR count). The summed E-state index contributed by atoms with van der Waals surface area (Å²) in [5.41, 5.74) is 5.69. The highest BCUT2D eigenvalue weighted by atomic mass is 79.9. The van der Waals surface area contributed by atoms with Gasteiger partial charge in [-0.05, 0) is 24.3 Å². The Bertz CT molecular complexity index is 496. The molecule has 116 valence electrons. The predicted octanol–water partition coefficient (Wildman–Crippen LogP) is 0.000500. The Morgan fingerprint density at radius 3 is 2.05 bits per heavy atom. The first-order chi connectivity index (χ1) is 9.51. The summed E-state index contributed by atoms with van der Waals surface area (Å²) >= 11 is 3.28. The molecular weight excluding hydrogens is 364 g/mol. The van der Waals surface area contributed by atoms with Crippen LogP contribution in [-0.2, 0) is 14.4 Å². The highest BCUT2D eigenvalue weighted by Crippen LogP contribution is 2.13. The van der Waals surface area contributed by atoms with Gasteiger partial charge in [-0.2, -0.15) is 0 Å². The monoisotopic (exact) mass is 378 g/mol. The lowest BCUT2D eigenvalue weighted by atomic mass is 10.3. The molecule has 3 amide bonds. The number of benzene rings is 1. The number of nitrogens with one attached hydrogen (secondary N) is 3. The number of anilines is 1. The van der Waals surface area contributed by atoms with E-state index in [1.54, 1.807) is 24.3 Å². The van der Waals surface area contributed by atoms with Crippen LogP contribution in [0.3, 0.4) is 0 Å². The van der Waals surface area contributed by atoms with Gasteiger partial charge in [0.05, 0.1) is 19.6 Å². The largest absolute Gasteiger partial charge is 0.346 e. The molecule has 1 aromatic rings. The minimum Gasteiger partial charge on any atom is -0.346 e. The summed E-state index contributed by atoms with van der Waals surface area (Å²) < 4.78 is 0.902. The zero-order valence-electron chi connectivity index (χ0n) is 11.0. The van der Waals surface area contributed by atoms with Crippen molar-refractivity contribution < 1.29 is 14.4 Å². The third-order valence-electron chi connectivity index (χ3n) is 2.21. The number of rotatable bonds is 6. The number of hydrogen-bond acceptors (Lipinski definition) is 4. The van der Waals surface area contributed by atoms with E-state index in [0.717, 1.165) is 4.47 Å². The summed E-state index contributed by atoms with van der Waals surface area (Å²) in [7, 11) is 0. The predicted molar refractivity (Wildman–Crippen MR) is 85.1 cm³/mol. The van der Waals surface area contributed by atoms with Gasteiger partial charge < -0.3 is 21.7 Å². The molecule has 7 nitrogen and oxygen atoms in total. The molecule has 0 aliphatic carbocycles. The lowest BCUT2D eigenvalue weighted by molar-refractivity contribution is -0.126. The van der Waals surface area contributed by atoms with E-state index in [9.17, 15) is 14.4 Å². The molecule has 9 heteroatoms. The van der Waals surface area contributed by atoms with Crippen molar-refractivity contribution in [1.82, 2.24) is 10.6 Å². The number of hydrogen-bond donors (Lipinski definition) is 4. The fraction of sp³-hybridized carbons (Fsp3) is 0.250. The number of carbonyl (C=O) groups is 3. The zero-order chi connectivity index (χ0) is 15.0. The second-order valence-corrected chi connectivity index (χ2v) is 4.73. The molecule has 0 bridgehead atoms. The fourth-order valence-electron chi connectivity index (χ4n) is 1.23. The molecule has 1 aromatic carbocycles. The molecule has 0 aromatic heterocycles. The second kappa shape index (κ2) is 10.1. The van der Waals surface area contributed by atoms with Crippen LogP contribution < -0.4 is 21.7 Å². The Hall–Kier alpha value is -1.64. The SMILES string of the molecule is Cl.NCC(=O)NCC(=O)NCC(=O)Nc1ccc(Br)cc1. The number of carbonyl (C=O) groups excluding carboxylic acids is 3. The van der Waals surface area contributed by atoms with Gasteiger partial charge in [0.2, 0.25) is 17.7 Å². The molecule has 5 N–H and O–H groups in total. The summed E-state index contributed by atoms with van der Waals surface area (Å²) in [6.45, 7) is -0.563. The lowest BCUT2D eigenvalue weighted by Crippen LogP contribution is -2.41. The molecular formula is C12H16BrClN4O3. The maximum atomic E-state index is 11.6. The molecule has 0 spiro atoms. The molecule has 21 heavy (non-hydrogen) atoms. The van der Waals surface area contributed by atoms with E-state index in [2.05, 4.69) is 31.9 Å². The van der Waals surface area contributed by atoms with Gasteiger partial charge in [0.15, 0.2) is 0 Å². The topological polar surface area (TPSA) is 113 Å². The molecule has 0 fully saturated rings. The third kappa shape index (κ3) is 8.28. The van der Waals surface area contributed by atoms with Crippen LogP contribution in [0.5, 0.6) is 0 Å². The minimum absolute atomic E-state index is 0. The van der Waals surface area contributed by atoms with Crippen molar-refractivity contribution in [3.05, 3.63) is 28.7 Å². The molecule has 0 saturated heterocycles. The maximum Gasteiger partial charge on any atom is 0.243 e. The van der Waals surface area contributed by atoms with Gasteiger partial charge in [-0.3, -0.25) is 14.4 Å². The molecule has 0 aliphatic rings. The summed E-state index contributed by atoms with van der Waals surface area (Å²) in [5, 5.41) is 7.30. The third-order valence-corrected chi connectivity index (χ3v) is 2.73. The van der Waals surface area contributed by atoms with Crippen LogP contribution in [-0.4, -0.2) is 37.4 Å². The van der Waals surface area contributed by atoms with Crippen molar-refractivity contribution in [2.24, 2.45) is 5.73 Å². The number of halogens is 2. The van der Waals surface area contributed by atoms with E-state index in [1.807, 2.05) is 0 Å². The highest BCUT2D eigenvalue weighted by molar-refractivity contribution is 9.10. The van der Waals surface area contributed by atoms with E-state index >= 15 is 0 Å². The Morgan fingerprint density at radius 2 is 1.48 bits per heavy atom. The summed E-state index contributed by atoms with van der Waals surface area (Å²) in [4.78, 5) is 33.7. The van der Waals surface area contributed by atoms with Gasteiger partial charge in [0, 0.05) is 10.2 Å². The summed E-state index contributed by atoms with van der Waals surface area (Å²) in [6, 6.07) is 7.03. The van der Waals surface area contributed by atoms with Crippen molar-refractivity contribution >= 4 is 51.7 Å². The van der Waals surface area contributed by atoms with E-state index in [1.165, 1.54) is 0 Å². The maximum absolute atomic E-state index is 11.6. The Labute approximate surface area is 136 Å². The van der Waals surface area contributed by atoms with Gasteiger partial charge in [-0.15, -0.1) is 12.4 Å². The highest BCUT2D eigenvalue weighted by Gasteiger charge is 2.07. The Kier molecular flexibility index (Phi) is 9.35. The normalized spacial score (nSPS) is 9.24. The van der Waals surface area contributed by atoms with Crippen molar-refractivity contribution in [2.45, 2.75) is 0 Å². The molecule has 0 radical (unpaired) electrons. The van der Waals surface area contributed by atoms with Crippen LogP contribution >= 0.6 is 28.3 Å².